The third-order valence-corrected chi connectivity index (χ3v) is 4.87. The van der Waals surface area contributed by atoms with Crippen molar-refractivity contribution in [2.75, 3.05) is 19.6 Å². The van der Waals surface area contributed by atoms with Crippen LogP contribution in [0.4, 0.5) is 0 Å². The number of aromatic nitrogens is 1. The Hall–Kier alpha value is -0.860. The van der Waals surface area contributed by atoms with Crippen LogP contribution in [0.15, 0.2) is 34.6 Å². The number of halogens is 2. The minimum atomic E-state index is 0. The summed E-state index contributed by atoms with van der Waals surface area (Å²) in [5.74, 6) is 0.861. The van der Waals surface area contributed by atoms with Crippen LogP contribution in [0.25, 0.3) is 0 Å². The Bertz CT molecular complexity index is 660. The molecule has 1 aromatic carbocycles. The lowest BCUT2D eigenvalue weighted by Gasteiger charge is -2.11. The van der Waals surface area contributed by atoms with Gasteiger partial charge in [0.1, 0.15) is 0 Å². The number of nitrogens with zero attached hydrogens (tertiary/aromatic N) is 2. The molecule has 0 atom stereocenters. The molecule has 0 unspecified atom stereocenters. The van der Waals surface area contributed by atoms with Crippen LogP contribution in [0, 0.1) is 6.92 Å². The summed E-state index contributed by atoms with van der Waals surface area (Å²) >= 11 is 7.91. The fourth-order valence-electron chi connectivity index (χ4n) is 2.30. The van der Waals surface area contributed by atoms with Gasteiger partial charge >= 0.3 is 0 Å². The molecule has 4 nitrogen and oxygen atoms in total. The van der Waals surface area contributed by atoms with Gasteiger partial charge in [0.25, 0.3) is 0 Å². The van der Waals surface area contributed by atoms with E-state index in [-0.39, 0.29) is 24.0 Å². The van der Waals surface area contributed by atoms with Crippen LogP contribution in [0.1, 0.15) is 29.6 Å². The van der Waals surface area contributed by atoms with Gasteiger partial charge < -0.3 is 10.6 Å². The second-order valence-corrected chi connectivity index (χ2v) is 6.86. The van der Waals surface area contributed by atoms with E-state index in [1.807, 2.05) is 25.1 Å². The van der Waals surface area contributed by atoms with Crippen LogP contribution in [0.3, 0.4) is 0 Å². The van der Waals surface area contributed by atoms with Gasteiger partial charge in [-0.1, -0.05) is 29.8 Å². The number of nitrogens with one attached hydrogen (secondary N) is 2. The molecule has 138 valence electrons. The maximum Gasteiger partial charge on any atom is 0.191 e. The average Bonchev–Trinajstić information content (AvgIpc) is 2.98. The van der Waals surface area contributed by atoms with Crippen LogP contribution in [-0.2, 0) is 12.8 Å². The van der Waals surface area contributed by atoms with E-state index in [0.29, 0.717) is 0 Å². The van der Waals surface area contributed by atoms with Crippen molar-refractivity contribution in [2.45, 2.75) is 33.1 Å². The standard InChI is InChI=1S/C18H25ClN4S.HI/c1-3-20-18(21-11-6-9-17-23-14(2)13-24-17)22-12-10-15-7-4-5-8-16(15)19;/h4-5,7-8,13H,3,6,9-12H2,1-2H3,(H2,20,21,22);1H. The average molecular weight is 493 g/mol. The first-order valence-electron chi connectivity index (χ1n) is 8.35. The summed E-state index contributed by atoms with van der Waals surface area (Å²) in [5, 5.41) is 10.8. The molecular formula is C18H26ClIN4S. The van der Waals surface area contributed by atoms with E-state index in [2.05, 4.69) is 39.0 Å². The van der Waals surface area contributed by atoms with Crippen LogP contribution < -0.4 is 10.6 Å². The van der Waals surface area contributed by atoms with Crippen LogP contribution in [0.2, 0.25) is 5.02 Å². The molecule has 0 bridgehead atoms. The van der Waals surface area contributed by atoms with E-state index < -0.39 is 0 Å². The van der Waals surface area contributed by atoms with Gasteiger partial charge in [-0.05, 0) is 38.3 Å². The fraction of sp³-hybridized carbons (Fsp3) is 0.444. The largest absolute Gasteiger partial charge is 0.357 e. The van der Waals surface area contributed by atoms with E-state index in [0.717, 1.165) is 61.1 Å². The Labute approximate surface area is 176 Å². The second-order valence-electron chi connectivity index (χ2n) is 5.52. The molecule has 0 amide bonds. The van der Waals surface area contributed by atoms with E-state index >= 15 is 0 Å². The first kappa shape index (κ1) is 22.2. The highest BCUT2D eigenvalue weighted by molar-refractivity contribution is 14.0. The predicted octanol–water partition coefficient (Wildman–Crippen LogP) is 4.45. The number of hydrogen-bond donors (Lipinski definition) is 2. The summed E-state index contributed by atoms with van der Waals surface area (Å²) in [6.45, 7) is 6.55. The molecule has 0 radical (unpaired) electrons. The van der Waals surface area contributed by atoms with Crippen LogP contribution >= 0.6 is 46.9 Å². The zero-order valence-electron chi connectivity index (χ0n) is 14.7. The number of guanidine groups is 1. The Balaban J connectivity index is 0.00000312. The molecule has 1 heterocycles. The van der Waals surface area contributed by atoms with Crippen molar-refractivity contribution < 1.29 is 0 Å². The second kappa shape index (κ2) is 12.5. The van der Waals surface area contributed by atoms with Gasteiger partial charge in [0.15, 0.2) is 5.96 Å². The van der Waals surface area contributed by atoms with Crippen molar-refractivity contribution >= 4 is 52.9 Å². The topological polar surface area (TPSA) is 49.3 Å². The lowest BCUT2D eigenvalue weighted by Crippen LogP contribution is -2.38. The van der Waals surface area contributed by atoms with Gasteiger partial charge in [0, 0.05) is 42.2 Å². The maximum absolute atomic E-state index is 6.18. The number of benzene rings is 1. The van der Waals surface area contributed by atoms with Crippen LogP contribution in [0.5, 0.6) is 0 Å². The van der Waals surface area contributed by atoms with Crippen molar-refractivity contribution in [3.63, 3.8) is 0 Å². The van der Waals surface area contributed by atoms with Gasteiger partial charge in [-0.15, -0.1) is 35.3 Å². The monoisotopic (exact) mass is 492 g/mol. The third-order valence-electron chi connectivity index (χ3n) is 3.47. The zero-order valence-corrected chi connectivity index (χ0v) is 18.6. The molecule has 2 aromatic rings. The number of rotatable bonds is 8. The molecule has 7 heteroatoms. The van der Waals surface area contributed by atoms with Crippen molar-refractivity contribution in [2.24, 2.45) is 4.99 Å². The van der Waals surface area contributed by atoms with E-state index in [1.165, 1.54) is 5.01 Å². The van der Waals surface area contributed by atoms with Gasteiger partial charge in [-0.25, -0.2) is 4.98 Å². The Morgan fingerprint density at radius 1 is 1.24 bits per heavy atom. The zero-order chi connectivity index (χ0) is 17.2. The molecular weight excluding hydrogens is 467 g/mol. The summed E-state index contributed by atoms with van der Waals surface area (Å²) in [6.07, 6.45) is 2.87. The van der Waals surface area contributed by atoms with Crippen molar-refractivity contribution in [3.8, 4) is 0 Å². The SMILES string of the molecule is CCNC(=NCCCc1nc(C)cs1)NCCc1ccccc1Cl.I. The van der Waals surface area contributed by atoms with Crippen LogP contribution in [-0.4, -0.2) is 30.6 Å². The molecule has 0 aliphatic carbocycles. The van der Waals surface area contributed by atoms with Crippen molar-refractivity contribution in [1.82, 2.24) is 15.6 Å². The molecule has 1 aromatic heterocycles. The lowest BCUT2D eigenvalue weighted by molar-refractivity contribution is 0.774. The van der Waals surface area contributed by atoms with Gasteiger partial charge in [-0.3, -0.25) is 4.99 Å². The molecule has 2 N–H and O–H groups in total. The van der Waals surface area contributed by atoms with E-state index in [1.54, 1.807) is 11.3 Å². The van der Waals surface area contributed by atoms with Crippen molar-refractivity contribution in [1.29, 1.82) is 0 Å². The highest BCUT2D eigenvalue weighted by atomic mass is 127. The normalized spacial score (nSPS) is 11.1. The molecule has 25 heavy (non-hydrogen) atoms. The molecule has 0 aliphatic rings. The Kier molecular flexibility index (Phi) is 11.1. The highest BCUT2D eigenvalue weighted by Crippen LogP contribution is 2.14. The number of hydrogen-bond acceptors (Lipinski definition) is 3. The molecule has 0 fully saturated rings. The van der Waals surface area contributed by atoms with Gasteiger partial charge in [0.05, 0.1) is 5.01 Å². The summed E-state index contributed by atoms with van der Waals surface area (Å²) in [7, 11) is 0. The van der Waals surface area contributed by atoms with E-state index in [4.69, 9.17) is 11.6 Å². The summed E-state index contributed by atoms with van der Waals surface area (Å²) in [6, 6.07) is 7.95. The number of thiazole rings is 1. The minimum Gasteiger partial charge on any atom is -0.357 e. The highest BCUT2D eigenvalue weighted by Gasteiger charge is 2.02. The maximum atomic E-state index is 6.18. The summed E-state index contributed by atoms with van der Waals surface area (Å²) in [5.41, 5.74) is 2.26. The minimum absolute atomic E-state index is 0. The molecule has 0 saturated carbocycles. The van der Waals surface area contributed by atoms with Gasteiger partial charge in [-0.2, -0.15) is 0 Å². The van der Waals surface area contributed by atoms with Gasteiger partial charge in [0.2, 0.25) is 0 Å². The number of aryl methyl sites for hydroxylation is 2. The lowest BCUT2D eigenvalue weighted by atomic mass is 10.1. The third kappa shape index (κ3) is 8.37. The van der Waals surface area contributed by atoms with Crippen molar-refractivity contribution in [3.05, 3.63) is 50.9 Å². The Morgan fingerprint density at radius 3 is 2.72 bits per heavy atom. The number of aliphatic imine (C=N–C) groups is 1. The first-order chi connectivity index (χ1) is 11.7. The van der Waals surface area contributed by atoms with E-state index in [9.17, 15) is 0 Å². The molecule has 0 aliphatic heterocycles. The molecule has 0 spiro atoms. The molecule has 0 saturated heterocycles. The fourth-order valence-corrected chi connectivity index (χ4v) is 3.35. The smallest absolute Gasteiger partial charge is 0.191 e. The summed E-state index contributed by atoms with van der Waals surface area (Å²) < 4.78 is 0. The predicted molar refractivity (Wildman–Crippen MR) is 120 cm³/mol. The molecule has 2 rings (SSSR count). The quantitative estimate of drug-likeness (QED) is 0.248. The summed E-state index contributed by atoms with van der Waals surface area (Å²) in [4.78, 5) is 9.11. The Morgan fingerprint density at radius 2 is 2.04 bits per heavy atom. The first-order valence-corrected chi connectivity index (χ1v) is 9.61.